The van der Waals surface area contributed by atoms with Gasteiger partial charge in [-0.15, -0.1) is 0 Å². The van der Waals surface area contributed by atoms with Crippen LogP contribution >= 0.6 is 0 Å². The molecule has 0 saturated heterocycles. The first-order valence-corrected chi connectivity index (χ1v) is 32.3. The number of carbonyl (C=O) groups excluding carboxylic acids is 2. The number of fused-ring (bicyclic) bond motifs is 10. The van der Waals surface area contributed by atoms with Gasteiger partial charge >= 0.3 is 0 Å². The number of carbonyl (C=O) groups is 2. The molecule has 0 radical (unpaired) electrons. The average Bonchev–Trinajstić information content (AvgIpc) is 3.92. The standard InChI is InChI=1S/C66H116N4O2/c1-47(21-31-61(71)69-43-17-11-7-9-15-41-67)55-27-29-57-53-25-23-51-45-49(33-37-63(51,3)59(53)35-39-65(55,57)5)19-13-14-20-50-34-38-64(4)52(46-50)24-26-54-58-30-28-56(66(58,6)40-36-60(54)64)48(2)22-32-62(72)70-44-18-12-8-10-16-42-68/h13-14,47-60H,7-12,15-46,67-68H2,1-6H3,(H,69,71)(H,70,72)/b14-13+/t47-,48-,49-,50-,51-,52-,53+,54+,55-,56-,57+,58+,59+,60+,63+,64+,65-,66-/m1/s1. The fourth-order valence-electron chi connectivity index (χ4n) is 21.0. The van der Waals surface area contributed by atoms with Gasteiger partial charge in [-0.25, -0.2) is 0 Å². The lowest BCUT2D eigenvalue weighted by Gasteiger charge is -2.61. The molecule has 6 N–H and O–H groups in total. The molecule has 0 aromatic rings. The lowest BCUT2D eigenvalue weighted by atomic mass is 9.44. The highest BCUT2D eigenvalue weighted by Crippen LogP contribution is 2.71. The second kappa shape index (κ2) is 25.8. The first kappa shape index (κ1) is 56.8. The molecule has 2 amide bonds. The monoisotopic (exact) mass is 997 g/mol. The molecule has 0 bridgehead atoms. The Bertz CT molecular complexity index is 1610. The van der Waals surface area contributed by atoms with Gasteiger partial charge in [0.25, 0.3) is 0 Å². The van der Waals surface area contributed by atoms with E-state index in [-0.39, 0.29) is 11.8 Å². The van der Waals surface area contributed by atoms with Crippen molar-refractivity contribution >= 4 is 11.8 Å². The zero-order valence-electron chi connectivity index (χ0n) is 48.1. The summed E-state index contributed by atoms with van der Waals surface area (Å²) in [5, 5.41) is 6.49. The van der Waals surface area contributed by atoms with Crippen molar-refractivity contribution in [3.8, 4) is 0 Å². The van der Waals surface area contributed by atoms with E-state index < -0.39 is 0 Å². The Labute approximate surface area is 444 Å². The fraction of sp³-hybridized carbons (Fsp3) is 0.939. The fourth-order valence-corrected chi connectivity index (χ4v) is 21.0. The van der Waals surface area contributed by atoms with Crippen LogP contribution in [0.3, 0.4) is 0 Å². The van der Waals surface area contributed by atoms with Crippen LogP contribution in [-0.4, -0.2) is 38.0 Å². The normalized spacial score (nSPS) is 41.1. The third-order valence-corrected chi connectivity index (χ3v) is 25.2. The summed E-state index contributed by atoms with van der Waals surface area (Å²) in [5.41, 5.74) is 13.4. The van der Waals surface area contributed by atoms with E-state index in [2.05, 4.69) is 64.3 Å². The Morgan fingerprint density at radius 3 is 1.26 bits per heavy atom. The second-order valence-electron chi connectivity index (χ2n) is 28.8. The maximum absolute atomic E-state index is 12.8. The van der Waals surface area contributed by atoms with Crippen molar-refractivity contribution in [2.75, 3.05) is 26.2 Å². The molecule has 72 heavy (non-hydrogen) atoms. The van der Waals surface area contributed by atoms with Gasteiger partial charge in [-0.05, 0) is 285 Å². The lowest BCUT2D eigenvalue weighted by Crippen LogP contribution is -2.53. The lowest BCUT2D eigenvalue weighted by molar-refractivity contribution is -0.124. The minimum Gasteiger partial charge on any atom is -0.356 e. The predicted molar refractivity (Wildman–Crippen MR) is 303 cm³/mol. The molecule has 18 atom stereocenters. The van der Waals surface area contributed by atoms with Crippen molar-refractivity contribution in [2.45, 2.75) is 260 Å². The minimum absolute atomic E-state index is 0.279. The van der Waals surface area contributed by atoms with Crippen molar-refractivity contribution in [3.63, 3.8) is 0 Å². The van der Waals surface area contributed by atoms with Gasteiger partial charge < -0.3 is 22.1 Å². The van der Waals surface area contributed by atoms with Crippen LogP contribution in [0.25, 0.3) is 0 Å². The zero-order valence-corrected chi connectivity index (χ0v) is 48.1. The third kappa shape index (κ3) is 12.6. The van der Waals surface area contributed by atoms with Gasteiger partial charge in [0.05, 0.1) is 0 Å². The highest BCUT2D eigenvalue weighted by molar-refractivity contribution is 5.76. The van der Waals surface area contributed by atoms with E-state index in [1.54, 1.807) is 0 Å². The molecule has 8 fully saturated rings. The highest BCUT2D eigenvalue weighted by Gasteiger charge is 2.62. The van der Waals surface area contributed by atoms with Gasteiger partial charge in [0.1, 0.15) is 0 Å². The molecule has 6 heteroatoms. The minimum atomic E-state index is 0.279. The number of allylic oxidation sites excluding steroid dienone is 2. The first-order valence-electron chi connectivity index (χ1n) is 32.3. The number of nitrogens with one attached hydrogen (secondary N) is 2. The number of hydrogen-bond donors (Lipinski definition) is 4. The highest BCUT2D eigenvalue weighted by atomic mass is 16.2. The Morgan fingerprint density at radius 2 is 0.847 bits per heavy atom. The number of nitrogens with two attached hydrogens (primary N) is 2. The molecule has 8 rings (SSSR count). The molecule has 0 spiro atoms. The summed E-state index contributed by atoms with van der Waals surface area (Å²) >= 11 is 0. The number of rotatable bonds is 26. The van der Waals surface area contributed by atoms with Crippen molar-refractivity contribution in [2.24, 2.45) is 116 Å². The molecule has 0 aromatic carbocycles. The molecular formula is C66H116N4O2. The maximum atomic E-state index is 12.8. The van der Waals surface area contributed by atoms with Crippen LogP contribution in [0.15, 0.2) is 12.2 Å². The van der Waals surface area contributed by atoms with E-state index in [4.69, 9.17) is 11.5 Å². The Morgan fingerprint density at radius 1 is 0.472 bits per heavy atom. The van der Waals surface area contributed by atoms with E-state index in [0.717, 1.165) is 136 Å². The molecule has 0 heterocycles. The zero-order chi connectivity index (χ0) is 50.9. The summed E-state index contributed by atoms with van der Waals surface area (Å²) in [6.07, 6.45) is 49.6. The van der Waals surface area contributed by atoms with Gasteiger partial charge in [0.15, 0.2) is 0 Å². The predicted octanol–water partition coefficient (Wildman–Crippen LogP) is 15.8. The summed E-state index contributed by atoms with van der Waals surface area (Å²) in [6.45, 7) is 19.2. The van der Waals surface area contributed by atoms with Crippen LogP contribution in [0.5, 0.6) is 0 Å². The van der Waals surface area contributed by atoms with Crippen LogP contribution in [0.1, 0.15) is 260 Å². The summed E-state index contributed by atoms with van der Waals surface area (Å²) in [7, 11) is 0. The van der Waals surface area contributed by atoms with E-state index in [1.807, 2.05) is 0 Å². The molecule has 0 unspecified atom stereocenters. The molecule has 8 aliphatic rings. The molecule has 0 aromatic heterocycles. The number of unbranched alkanes of at least 4 members (excludes halogenated alkanes) is 8. The van der Waals surface area contributed by atoms with Gasteiger partial charge in [0.2, 0.25) is 11.8 Å². The Hall–Kier alpha value is -1.40. The summed E-state index contributed by atoms with van der Waals surface area (Å²) in [6, 6.07) is 0. The first-order chi connectivity index (χ1) is 34.7. The van der Waals surface area contributed by atoms with E-state index in [9.17, 15) is 9.59 Å². The van der Waals surface area contributed by atoms with Crippen molar-refractivity contribution in [3.05, 3.63) is 12.2 Å². The Kier molecular flexibility index (Phi) is 20.4. The van der Waals surface area contributed by atoms with Crippen LogP contribution in [-0.2, 0) is 9.59 Å². The summed E-state index contributed by atoms with van der Waals surface area (Å²) in [4.78, 5) is 25.7. The van der Waals surface area contributed by atoms with Crippen LogP contribution in [0, 0.1) is 105 Å². The molecule has 0 aliphatic heterocycles. The van der Waals surface area contributed by atoms with Crippen molar-refractivity contribution < 1.29 is 9.59 Å². The van der Waals surface area contributed by atoms with Crippen LogP contribution < -0.4 is 22.1 Å². The van der Waals surface area contributed by atoms with E-state index >= 15 is 0 Å². The average molecular weight is 998 g/mol. The smallest absolute Gasteiger partial charge is 0.220 e. The van der Waals surface area contributed by atoms with Gasteiger partial charge in [-0.1, -0.05) is 92.2 Å². The van der Waals surface area contributed by atoms with Gasteiger partial charge in [-0.3, -0.25) is 9.59 Å². The molecule has 8 saturated carbocycles. The van der Waals surface area contributed by atoms with Crippen molar-refractivity contribution in [1.29, 1.82) is 0 Å². The third-order valence-electron chi connectivity index (χ3n) is 25.2. The summed E-state index contributed by atoms with van der Waals surface area (Å²) < 4.78 is 0. The second-order valence-corrected chi connectivity index (χ2v) is 28.8. The number of hydrogen-bond acceptors (Lipinski definition) is 4. The van der Waals surface area contributed by atoms with Crippen LogP contribution in [0.2, 0.25) is 0 Å². The number of amides is 2. The SMILES string of the molecule is C[C@H](CCC(=O)NCCCCCCCN)[C@H]1CC[C@H]2[C@@H]3CC[C@@H]4C[C@H](C/C=C/C[C@@H]5CC[C@@]6(C)[C@H](CC[C@@H]7[C@@H]6CC[C@]6(C)[C@@H]([C@H](C)CCC(=O)NCCCCCCCN)CC[C@@H]76)C5)CC[C@]4(C)[C@H]3CC[C@]12C. The van der Waals surface area contributed by atoms with E-state index in [0.29, 0.717) is 46.3 Å². The van der Waals surface area contributed by atoms with E-state index in [1.165, 1.54) is 167 Å². The van der Waals surface area contributed by atoms with Crippen molar-refractivity contribution in [1.82, 2.24) is 10.6 Å². The quantitative estimate of drug-likeness (QED) is 0.0511. The maximum Gasteiger partial charge on any atom is 0.220 e. The topological polar surface area (TPSA) is 110 Å². The van der Waals surface area contributed by atoms with Gasteiger partial charge in [-0.2, -0.15) is 0 Å². The van der Waals surface area contributed by atoms with Crippen LogP contribution in [0.4, 0.5) is 0 Å². The Balaban J connectivity index is 0.733. The summed E-state index contributed by atoms with van der Waals surface area (Å²) in [5.74, 6) is 12.7. The molecular weight excluding hydrogens is 881 g/mol. The molecule has 8 aliphatic carbocycles. The largest absolute Gasteiger partial charge is 0.356 e. The van der Waals surface area contributed by atoms with Gasteiger partial charge in [0, 0.05) is 25.9 Å². The molecule has 412 valence electrons. The molecule has 6 nitrogen and oxygen atoms in total.